The van der Waals surface area contributed by atoms with Crippen LogP contribution >= 0.6 is 0 Å². The van der Waals surface area contributed by atoms with Crippen molar-refractivity contribution in [2.75, 3.05) is 0 Å². The predicted molar refractivity (Wildman–Crippen MR) is 95.2 cm³/mol. The van der Waals surface area contributed by atoms with Crippen molar-refractivity contribution in [3.63, 3.8) is 0 Å². The third-order valence-electron chi connectivity index (χ3n) is 3.34. The molecule has 0 radical (unpaired) electrons. The Labute approximate surface area is 146 Å². The number of hydrogen-bond donors (Lipinski definition) is 3. The Bertz CT molecular complexity index is 1130. The Morgan fingerprint density at radius 3 is 2.23 bits per heavy atom. The molecule has 130 valence electrons. The van der Waals surface area contributed by atoms with Crippen LogP contribution in [0.4, 0.5) is 0 Å². The first-order chi connectivity index (χ1) is 12.7. The molecule has 26 heavy (non-hydrogen) atoms. The average Bonchev–Trinajstić information content (AvgIpc) is 2.66. The van der Waals surface area contributed by atoms with Crippen LogP contribution in [0.25, 0.3) is 12.2 Å². The van der Waals surface area contributed by atoms with Crippen molar-refractivity contribution in [1.29, 1.82) is 5.41 Å². The highest BCUT2D eigenvalue weighted by molar-refractivity contribution is 5.48. The zero-order chi connectivity index (χ0) is 18.4. The quantitative estimate of drug-likeness (QED) is 0.259. The summed E-state index contributed by atoms with van der Waals surface area (Å²) in [7, 11) is 0. The number of aromatic amines is 2. The number of H-pyrrole nitrogens is 2. The molecule has 0 spiro atoms. The van der Waals surface area contributed by atoms with Crippen molar-refractivity contribution in [2.45, 2.75) is 0 Å². The fraction of sp³-hybridized carbons (Fsp3) is 0. The number of benzene rings is 1. The van der Waals surface area contributed by atoms with E-state index >= 15 is 0 Å². The number of nitrogens with zero attached hydrogens (tertiary/aromatic N) is 1. The molecule has 8 nitrogen and oxygen atoms in total. The van der Waals surface area contributed by atoms with Gasteiger partial charge in [-0.3, -0.25) is 29.8 Å². The molecule has 0 fully saturated rings. The molecule has 3 rings (SSSR count). The van der Waals surface area contributed by atoms with Crippen molar-refractivity contribution in [3.8, 4) is 5.75 Å². The molecule has 8 heteroatoms. The van der Waals surface area contributed by atoms with Gasteiger partial charge in [0, 0.05) is 0 Å². The Morgan fingerprint density at radius 1 is 0.923 bits per heavy atom. The molecular weight excluding hydrogens is 336 g/mol. The Hall–Kier alpha value is -3.94. The van der Waals surface area contributed by atoms with Crippen LogP contribution in [-0.2, 0) is 4.89 Å². The topological polar surface area (TPSA) is 121 Å². The largest absolute Gasteiger partial charge is 0.316 e. The lowest BCUT2D eigenvalue weighted by Gasteiger charge is -1.99. The van der Waals surface area contributed by atoms with Gasteiger partial charge in [0.15, 0.2) is 5.75 Å². The number of pyridine rings is 1. The molecule has 0 saturated carbocycles. The highest BCUT2D eigenvalue weighted by Gasteiger charge is 1.99. The van der Waals surface area contributed by atoms with E-state index in [0.29, 0.717) is 17.8 Å². The van der Waals surface area contributed by atoms with Gasteiger partial charge in [-0.05, 0) is 29.8 Å². The average molecular weight is 350 g/mol. The SMILES string of the molecule is N=COOc1ccc(/C=c2/[nH]c(=O)/c(=C\c3ccccc3)[nH]c2=O)nc1. The number of rotatable bonds is 5. The van der Waals surface area contributed by atoms with Gasteiger partial charge in [0.1, 0.15) is 10.7 Å². The lowest BCUT2D eigenvalue weighted by molar-refractivity contribution is -0.110. The van der Waals surface area contributed by atoms with Crippen molar-refractivity contribution in [1.82, 2.24) is 15.0 Å². The second-order valence-corrected chi connectivity index (χ2v) is 5.15. The zero-order valence-electron chi connectivity index (χ0n) is 13.4. The molecule has 0 unspecified atom stereocenters. The van der Waals surface area contributed by atoms with Gasteiger partial charge in [-0.15, -0.1) is 0 Å². The monoisotopic (exact) mass is 350 g/mol. The van der Waals surface area contributed by atoms with E-state index in [9.17, 15) is 9.59 Å². The van der Waals surface area contributed by atoms with Crippen LogP contribution in [0.15, 0.2) is 58.3 Å². The maximum Gasteiger partial charge on any atom is 0.272 e. The van der Waals surface area contributed by atoms with E-state index in [1.54, 1.807) is 18.2 Å². The van der Waals surface area contributed by atoms with Crippen molar-refractivity contribution in [2.24, 2.45) is 0 Å². The lowest BCUT2D eigenvalue weighted by Crippen LogP contribution is -2.46. The summed E-state index contributed by atoms with van der Waals surface area (Å²) in [5.74, 6) is 0.292. The standard InChI is InChI=1S/C18H14N4O4/c19-11-25-26-14-7-6-13(20-10-14)9-16-18(24)21-15(17(23)22-16)8-12-4-2-1-3-5-12/h1-11,19H,(H,21,24)(H,22,23)/b15-8+,16-9+,19-11?. The van der Waals surface area contributed by atoms with Gasteiger partial charge >= 0.3 is 0 Å². The van der Waals surface area contributed by atoms with Gasteiger partial charge in [0.25, 0.3) is 11.1 Å². The van der Waals surface area contributed by atoms with E-state index in [4.69, 9.17) is 10.3 Å². The minimum atomic E-state index is -0.443. The molecule has 2 heterocycles. The smallest absolute Gasteiger partial charge is 0.272 e. The minimum absolute atomic E-state index is 0.0807. The summed E-state index contributed by atoms with van der Waals surface area (Å²) in [6.07, 6.45) is 5.03. The van der Waals surface area contributed by atoms with Gasteiger partial charge < -0.3 is 9.97 Å². The summed E-state index contributed by atoms with van der Waals surface area (Å²) in [5.41, 5.74) is 0.378. The van der Waals surface area contributed by atoms with Gasteiger partial charge in [0.2, 0.25) is 6.40 Å². The molecule has 2 aromatic heterocycles. The van der Waals surface area contributed by atoms with Crippen LogP contribution < -0.4 is 26.7 Å². The molecule has 0 saturated heterocycles. The fourth-order valence-electron chi connectivity index (χ4n) is 2.17. The van der Waals surface area contributed by atoms with Crippen LogP contribution in [0.3, 0.4) is 0 Å². The van der Waals surface area contributed by atoms with Crippen LogP contribution in [0.2, 0.25) is 0 Å². The van der Waals surface area contributed by atoms with E-state index in [-0.39, 0.29) is 10.7 Å². The first-order valence-corrected chi connectivity index (χ1v) is 7.55. The number of aromatic nitrogens is 3. The van der Waals surface area contributed by atoms with Crippen molar-refractivity contribution in [3.05, 3.63) is 91.3 Å². The van der Waals surface area contributed by atoms with E-state index < -0.39 is 11.1 Å². The molecule has 0 atom stereocenters. The Morgan fingerprint density at radius 2 is 1.62 bits per heavy atom. The van der Waals surface area contributed by atoms with Crippen LogP contribution in [0.5, 0.6) is 5.75 Å². The van der Waals surface area contributed by atoms with Gasteiger partial charge in [-0.2, -0.15) is 0 Å². The fourth-order valence-corrected chi connectivity index (χ4v) is 2.17. The zero-order valence-corrected chi connectivity index (χ0v) is 13.4. The molecule has 3 aromatic rings. The lowest BCUT2D eigenvalue weighted by atomic mass is 10.2. The molecule has 0 aliphatic heterocycles. The van der Waals surface area contributed by atoms with E-state index in [0.717, 1.165) is 5.56 Å². The van der Waals surface area contributed by atoms with Crippen molar-refractivity contribution < 1.29 is 9.78 Å². The van der Waals surface area contributed by atoms with Crippen LogP contribution in [-0.4, -0.2) is 21.4 Å². The molecule has 0 amide bonds. The Balaban J connectivity index is 1.97. The summed E-state index contributed by atoms with van der Waals surface area (Å²) < 4.78 is 0. The predicted octanol–water partition coefficient (Wildman–Crippen LogP) is 0.0333. The third-order valence-corrected chi connectivity index (χ3v) is 3.34. The summed E-state index contributed by atoms with van der Waals surface area (Å²) in [5, 5.41) is 6.95. The first kappa shape index (κ1) is 16.9. The molecule has 1 aromatic carbocycles. The van der Waals surface area contributed by atoms with E-state index in [1.807, 2.05) is 30.3 Å². The molecule has 3 N–H and O–H groups in total. The normalized spacial score (nSPS) is 12.0. The van der Waals surface area contributed by atoms with Crippen LogP contribution in [0.1, 0.15) is 11.3 Å². The van der Waals surface area contributed by atoms with Crippen LogP contribution in [0, 0.1) is 5.41 Å². The van der Waals surface area contributed by atoms with Gasteiger partial charge in [-0.25, -0.2) is 0 Å². The minimum Gasteiger partial charge on any atom is -0.316 e. The van der Waals surface area contributed by atoms with E-state index in [1.165, 1.54) is 12.3 Å². The summed E-state index contributed by atoms with van der Waals surface area (Å²) in [4.78, 5) is 42.7. The Kier molecular flexibility index (Phi) is 5.04. The second kappa shape index (κ2) is 7.75. The molecule has 0 aliphatic rings. The van der Waals surface area contributed by atoms with E-state index in [2.05, 4.69) is 19.8 Å². The third kappa shape index (κ3) is 4.12. The first-order valence-electron chi connectivity index (χ1n) is 7.55. The molecular formula is C18H14N4O4. The maximum atomic E-state index is 12.2. The van der Waals surface area contributed by atoms with Crippen molar-refractivity contribution >= 4 is 18.6 Å². The summed E-state index contributed by atoms with van der Waals surface area (Å²) in [6.45, 7) is 0. The highest BCUT2D eigenvalue weighted by Crippen LogP contribution is 2.09. The molecule has 0 aliphatic carbocycles. The molecule has 0 bridgehead atoms. The number of hydrogen-bond acceptors (Lipinski definition) is 6. The summed E-state index contributed by atoms with van der Waals surface area (Å²) >= 11 is 0. The second-order valence-electron chi connectivity index (χ2n) is 5.15. The van der Waals surface area contributed by atoms with Gasteiger partial charge in [-0.1, -0.05) is 30.3 Å². The summed E-state index contributed by atoms with van der Waals surface area (Å²) in [6, 6.07) is 12.3. The maximum absolute atomic E-state index is 12.2. The van der Waals surface area contributed by atoms with Gasteiger partial charge in [0.05, 0.1) is 11.9 Å². The number of nitrogens with one attached hydrogen (secondary N) is 3. The highest BCUT2D eigenvalue weighted by atomic mass is 17.2.